The molecule has 1 amide bonds. The molecule has 1 aliphatic rings. The van der Waals surface area contributed by atoms with Gasteiger partial charge in [0.05, 0.1) is 0 Å². The van der Waals surface area contributed by atoms with Gasteiger partial charge in [-0.25, -0.2) is 9.97 Å². The molecule has 0 radical (unpaired) electrons. The Morgan fingerprint density at radius 3 is 3.00 bits per heavy atom. The minimum atomic E-state index is 0.148. The van der Waals surface area contributed by atoms with Crippen LogP contribution in [0.3, 0.4) is 0 Å². The maximum Gasteiger partial charge on any atom is 0.219 e. The second-order valence-electron chi connectivity index (χ2n) is 5.50. The third kappa shape index (κ3) is 3.90. The van der Waals surface area contributed by atoms with Gasteiger partial charge in [-0.1, -0.05) is 0 Å². The number of carbonyl (C=O) groups is 1. The molecule has 0 spiro atoms. The van der Waals surface area contributed by atoms with Crippen LogP contribution in [0.2, 0.25) is 0 Å². The minimum Gasteiger partial charge on any atom is -0.363 e. The summed E-state index contributed by atoms with van der Waals surface area (Å²) in [5, 5.41) is 3.39. The molecule has 1 aromatic heterocycles. The van der Waals surface area contributed by atoms with Crippen LogP contribution in [0.25, 0.3) is 0 Å². The minimum absolute atomic E-state index is 0.148. The fourth-order valence-electron chi connectivity index (χ4n) is 2.45. The van der Waals surface area contributed by atoms with Gasteiger partial charge < -0.3 is 15.1 Å². The first-order valence-corrected chi connectivity index (χ1v) is 7.00. The Morgan fingerprint density at radius 1 is 1.50 bits per heavy atom. The molecule has 6 heteroatoms. The summed E-state index contributed by atoms with van der Waals surface area (Å²) < 4.78 is 0. The van der Waals surface area contributed by atoms with Crippen molar-refractivity contribution in [1.82, 2.24) is 20.2 Å². The number of hydrogen-bond acceptors (Lipinski definition) is 5. The van der Waals surface area contributed by atoms with Gasteiger partial charge in [0.25, 0.3) is 0 Å². The van der Waals surface area contributed by atoms with E-state index >= 15 is 0 Å². The number of nitrogens with one attached hydrogen (secondary N) is 1. The van der Waals surface area contributed by atoms with Crippen molar-refractivity contribution in [2.24, 2.45) is 5.92 Å². The van der Waals surface area contributed by atoms with Gasteiger partial charge >= 0.3 is 0 Å². The topological polar surface area (TPSA) is 61.4 Å². The molecule has 0 aromatic carbocycles. The van der Waals surface area contributed by atoms with E-state index in [9.17, 15) is 4.79 Å². The standard InChI is InChI=1S/C14H23N5O/c1-11(20)19-5-4-15-8-12(9-19)6-13-7-14(18(2)3)17-10-16-13/h7,10,12,15H,4-6,8-9H2,1-3H3. The lowest BCUT2D eigenvalue weighted by Gasteiger charge is -2.22. The number of rotatable bonds is 3. The SMILES string of the molecule is CC(=O)N1CCNCC(Cc2cc(N(C)C)ncn2)C1. The van der Waals surface area contributed by atoms with E-state index in [0.29, 0.717) is 5.92 Å². The van der Waals surface area contributed by atoms with Crippen LogP contribution in [0.5, 0.6) is 0 Å². The molecule has 0 aliphatic carbocycles. The molecule has 20 heavy (non-hydrogen) atoms. The van der Waals surface area contributed by atoms with E-state index in [2.05, 4.69) is 15.3 Å². The summed E-state index contributed by atoms with van der Waals surface area (Å²) in [5.74, 6) is 1.46. The molecule has 6 nitrogen and oxygen atoms in total. The largest absolute Gasteiger partial charge is 0.363 e. The van der Waals surface area contributed by atoms with Gasteiger partial charge in [-0.3, -0.25) is 4.79 Å². The van der Waals surface area contributed by atoms with E-state index in [1.54, 1.807) is 13.3 Å². The zero-order valence-corrected chi connectivity index (χ0v) is 12.5. The van der Waals surface area contributed by atoms with Crippen molar-refractivity contribution in [2.75, 3.05) is 45.2 Å². The molecule has 1 aromatic rings. The summed E-state index contributed by atoms with van der Waals surface area (Å²) in [5.41, 5.74) is 1.03. The first kappa shape index (κ1) is 14.7. The average molecular weight is 277 g/mol. The Kier molecular flexibility index (Phi) is 4.89. The van der Waals surface area contributed by atoms with Gasteiger partial charge in [-0.2, -0.15) is 0 Å². The molecule has 0 bridgehead atoms. The smallest absolute Gasteiger partial charge is 0.219 e. The van der Waals surface area contributed by atoms with Gasteiger partial charge in [0.1, 0.15) is 12.1 Å². The summed E-state index contributed by atoms with van der Waals surface area (Å²) in [4.78, 5) is 24.0. The van der Waals surface area contributed by atoms with E-state index in [4.69, 9.17) is 0 Å². The monoisotopic (exact) mass is 277 g/mol. The number of anilines is 1. The third-order valence-electron chi connectivity index (χ3n) is 3.58. The zero-order valence-electron chi connectivity index (χ0n) is 12.5. The maximum absolute atomic E-state index is 11.6. The van der Waals surface area contributed by atoms with Crippen LogP contribution in [0.1, 0.15) is 12.6 Å². The Morgan fingerprint density at radius 2 is 2.30 bits per heavy atom. The predicted molar refractivity (Wildman–Crippen MR) is 78.7 cm³/mol. The van der Waals surface area contributed by atoms with Gasteiger partial charge in [-0.05, 0) is 12.3 Å². The van der Waals surface area contributed by atoms with E-state index in [1.807, 2.05) is 30.0 Å². The summed E-state index contributed by atoms with van der Waals surface area (Å²) in [6.07, 6.45) is 2.47. The van der Waals surface area contributed by atoms with E-state index in [-0.39, 0.29) is 5.91 Å². The van der Waals surface area contributed by atoms with Crippen LogP contribution in [0.15, 0.2) is 12.4 Å². The van der Waals surface area contributed by atoms with Crippen LogP contribution in [-0.2, 0) is 11.2 Å². The van der Waals surface area contributed by atoms with Crippen molar-refractivity contribution in [3.05, 3.63) is 18.1 Å². The molecule has 1 N–H and O–H groups in total. The first-order valence-electron chi connectivity index (χ1n) is 7.00. The van der Waals surface area contributed by atoms with Crippen LogP contribution < -0.4 is 10.2 Å². The zero-order chi connectivity index (χ0) is 14.5. The highest BCUT2D eigenvalue weighted by Crippen LogP contribution is 2.13. The second-order valence-corrected chi connectivity index (χ2v) is 5.50. The van der Waals surface area contributed by atoms with Gasteiger partial charge in [-0.15, -0.1) is 0 Å². The summed E-state index contributed by atoms with van der Waals surface area (Å²) in [6.45, 7) is 5.01. The van der Waals surface area contributed by atoms with Crippen molar-refractivity contribution < 1.29 is 4.79 Å². The number of amides is 1. The number of carbonyl (C=O) groups excluding carboxylic acids is 1. The fourth-order valence-corrected chi connectivity index (χ4v) is 2.45. The first-order chi connectivity index (χ1) is 9.56. The highest BCUT2D eigenvalue weighted by atomic mass is 16.2. The molecule has 1 atom stereocenters. The van der Waals surface area contributed by atoms with E-state index in [0.717, 1.165) is 44.1 Å². The van der Waals surface area contributed by atoms with Gasteiger partial charge in [0.2, 0.25) is 5.91 Å². The van der Waals surface area contributed by atoms with Crippen LogP contribution >= 0.6 is 0 Å². The van der Waals surface area contributed by atoms with Crippen molar-refractivity contribution in [3.8, 4) is 0 Å². The van der Waals surface area contributed by atoms with Crippen LogP contribution in [0, 0.1) is 5.92 Å². The Hall–Kier alpha value is -1.69. The molecule has 2 rings (SSSR count). The maximum atomic E-state index is 11.6. The van der Waals surface area contributed by atoms with E-state index in [1.165, 1.54) is 0 Å². The number of aromatic nitrogens is 2. The molecule has 1 saturated heterocycles. The molecule has 1 aliphatic heterocycles. The summed E-state index contributed by atoms with van der Waals surface area (Å²) in [6, 6.07) is 2.02. The van der Waals surface area contributed by atoms with Crippen LogP contribution in [-0.4, -0.2) is 61.0 Å². The molecule has 2 heterocycles. The van der Waals surface area contributed by atoms with Gasteiger partial charge in [0.15, 0.2) is 0 Å². The normalized spacial score (nSPS) is 19.6. The Bertz CT molecular complexity index is 463. The Labute approximate surface area is 120 Å². The molecule has 110 valence electrons. The van der Waals surface area contributed by atoms with Crippen molar-refractivity contribution in [3.63, 3.8) is 0 Å². The molecule has 1 unspecified atom stereocenters. The molecule has 0 saturated carbocycles. The summed E-state index contributed by atoms with van der Waals surface area (Å²) >= 11 is 0. The molecule has 1 fully saturated rings. The van der Waals surface area contributed by atoms with Crippen molar-refractivity contribution in [2.45, 2.75) is 13.3 Å². The second kappa shape index (κ2) is 6.65. The molecular formula is C14H23N5O. The van der Waals surface area contributed by atoms with Crippen LogP contribution in [0.4, 0.5) is 5.82 Å². The highest BCUT2D eigenvalue weighted by molar-refractivity contribution is 5.73. The lowest BCUT2D eigenvalue weighted by atomic mass is 10.0. The number of nitrogens with zero attached hydrogens (tertiary/aromatic N) is 4. The van der Waals surface area contributed by atoms with E-state index < -0.39 is 0 Å². The third-order valence-corrected chi connectivity index (χ3v) is 3.58. The fraction of sp³-hybridized carbons (Fsp3) is 0.643. The predicted octanol–water partition coefficient (Wildman–Crippen LogP) is 0.153. The quantitative estimate of drug-likeness (QED) is 0.852. The van der Waals surface area contributed by atoms with Gasteiger partial charge in [0, 0.05) is 59.0 Å². The van der Waals surface area contributed by atoms with Crippen molar-refractivity contribution >= 4 is 11.7 Å². The van der Waals surface area contributed by atoms with Crippen molar-refractivity contribution in [1.29, 1.82) is 0 Å². The Balaban J connectivity index is 2.04. The summed E-state index contributed by atoms with van der Waals surface area (Å²) in [7, 11) is 3.94. The lowest BCUT2D eigenvalue weighted by Crippen LogP contribution is -2.34. The molecular weight excluding hydrogens is 254 g/mol. The average Bonchev–Trinajstić information content (AvgIpc) is 2.64. The lowest BCUT2D eigenvalue weighted by molar-refractivity contribution is -0.129. The number of hydrogen-bond donors (Lipinski definition) is 1. The highest BCUT2D eigenvalue weighted by Gasteiger charge is 2.20.